The van der Waals surface area contributed by atoms with E-state index in [4.69, 9.17) is 10.5 Å². The van der Waals surface area contributed by atoms with Crippen molar-refractivity contribution in [1.82, 2.24) is 0 Å². The van der Waals surface area contributed by atoms with Gasteiger partial charge in [0.05, 0.1) is 17.1 Å². The molecule has 0 saturated carbocycles. The molecule has 0 unspecified atom stereocenters. The van der Waals surface area contributed by atoms with Gasteiger partial charge in [0, 0.05) is 24.1 Å². The number of rotatable bonds is 2. The molecule has 0 aliphatic carbocycles. The van der Waals surface area contributed by atoms with Crippen LogP contribution in [0.3, 0.4) is 0 Å². The van der Waals surface area contributed by atoms with Crippen molar-refractivity contribution >= 4 is 11.5 Å². The zero-order chi connectivity index (χ0) is 15.8. The molecule has 1 aromatic rings. The van der Waals surface area contributed by atoms with Gasteiger partial charge in [-0.15, -0.1) is 0 Å². The maximum absolute atomic E-state index is 14.1. The largest absolute Gasteiger partial charge is 0.385 e. The summed E-state index contributed by atoms with van der Waals surface area (Å²) in [5, 5.41) is 10.9. The summed E-state index contributed by atoms with van der Waals surface area (Å²) < 4.78 is 19.8. The second-order valence-corrected chi connectivity index (χ2v) is 5.80. The molecule has 21 heavy (non-hydrogen) atoms. The number of nitro benzene ring substituents is 1. The molecule has 1 aliphatic rings. The highest BCUT2D eigenvalue weighted by atomic mass is 19.1. The van der Waals surface area contributed by atoms with Crippen LogP contribution in [-0.2, 0) is 10.3 Å². The quantitative estimate of drug-likeness (QED) is 0.670. The lowest BCUT2D eigenvalue weighted by molar-refractivity contribution is -0.385. The molecule has 0 radical (unpaired) electrons. The highest BCUT2D eigenvalue weighted by molar-refractivity contribution is 5.88. The molecule has 6 nitrogen and oxygen atoms in total. The lowest BCUT2D eigenvalue weighted by Crippen LogP contribution is -2.40. The number of benzene rings is 1. The van der Waals surface area contributed by atoms with E-state index in [0.29, 0.717) is 13.0 Å². The molecule has 2 N–H and O–H groups in total. The molecule has 1 atom stereocenters. The number of nitrogens with two attached hydrogens (primary N) is 1. The van der Waals surface area contributed by atoms with Crippen molar-refractivity contribution in [2.24, 2.45) is 10.7 Å². The van der Waals surface area contributed by atoms with Gasteiger partial charge in [0.15, 0.2) is 0 Å². The summed E-state index contributed by atoms with van der Waals surface area (Å²) in [5.41, 5.74) is 4.19. The molecule has 0 bridgehead atoms. The van der Waals surface area contributed by atoms with Crippen LogP contribution in [0.25, 0.3) is 0 Å². The van der Waals surface area contributed by atoms with Crippen LogP contribution in [0.1, 0.15) is 32.8 Å². The van der Waals surface area contributed by atoms with E-state index in [1.54, 1.807) is 20.8 Å². The van der Waals surface area contributed by atoms with Gasteiger partial charge in [0.1, 0.15) is 17.3 Å². The fourth-order valence-corrected chi connectivity index (χ4v) is 2.27. The zero-order valence-corrected chi connectivity index (χ0v) is 12.2. The van der Waals surface area contributed by atoms with E-state index in [1.807, 2.05) is 0 Å². The van der Waals surface area contributed by atoms with Crippen LogP contribution >= 0.6 is 0 Å². The van der Waals surface area contributed by atoms with Crippen LogP contribution in [-0.4, -0.2) is 23.0 Å². The summed E-state index contributed by atoms with van der Waals surface area (Å²) in [4.78, 5) is 14.7. The van der Waals surface area contributed by atoms with Gasteiger partial charge in [0.2, 0.25) is 0 Å². The Hall–Kier alpha value is -2.02. The normalized spacial score (nSPS) is 25.0. The molecule has 1 aliphatic heterocycles. The van der Waals surface area contributed by atoms with Crippen LogP contribution in [0.5, 0.6) is 0 Å². The summed E-state index contributed by atoms with van der Waals surface area (Å²) in [5.74, 6) is -0.298. The second kappa shape index (κ2) is 5.07. The van der Waals surface area contributed by atoms with Crippen molar-refractivity contribution in [2.45, 2.75) is 38.3 Å². The Morgan fingerprint density at radius 3 is 2.71 bits per heavy atom. The molecule has 7 heteroatoms. The number of halogens is 1. The topological polar surface area (TPSA) is 90.8 Å². The van der Waals surface area contributed by atoms with E-state index in [2.05, 4.69) is 4.99 Å². The third-order valence-electron chi connectivity index (χ3n) is 3.78. The number of amidine groups is 1. The first-order valence-electron chi connectivity index (χ1n) is 6.60. The van der Waals surface area contributed by atoms with E-state index in [0.717, 1.165) is 12.1 Å². The summed E-state index contributed by atoms with van der Waals surface area (Å²) in [7, 11) is 0. The SMILES string of the molecule is CC1(C)OCC[C@@](C)(c2cc([N+](=O)[O-])ccc2F)N=C1N. The van der Waals surface area contributed by atoms with Crippen molar-refractivity contribution in [3.05, 3.63) is 39.7 Å². The lowest BCUT2D eigenvalue weighted by Gasteiger charge is -2.25. The summed E-state index contributed by atoms with van der Waals surface area (Å²) in [6.07, 6.45) is 0.384. The van der Waals surface area contributed by atoms with Crippen molar-refractivity contribution in [3.8, 4) is 0 Å². The Kier molecular flexibility index (Phi) is 3.71. The summed E-state index contributed by atoms with van der Waals surface area (Å²) in [6.45, 7) is 5.59. The average Bonchev–Trinajstić information content (AvgIpc) is 2.47. The smallest absolute Gasteiger partial charge is 0.270 e. The molecule has 114 valence electrons. The number of ether oxygens (including phenoxy) is 1. The number of hydrogen-bond acceptors (Lipinski definition) is 5. The van der Waals surface area contributed by atoms with Gasteiger partial charge in [-0.05, 0) is 26.8 Å². The van der Waals surface area contributed by atoms with E-state index < -0.39 is 21.9 Å². The molecule has 0 spiro atoms. The first-order chi connectivity index (χ1) is 9.66. The van der Waals surface area contributed by atoms with E-state index in [9.17, 15) is 14.5 Å². The van der Waals surface area contributed by atoms with E-state index in [-0.39, 0.29) is 17.1 Å². The number of hydrogen-bond donors (Lipinski definition) is 1. The first-order valence-corrected chi connectivity index (χ1v) is 6.60. The maximum Gasteiger partial charge on any atom is 0.270 e. The van der Waals surface area contributed by atoms with Crippen molar-refractivity contribution < 1.29 is 14.1 Å². The fraction of sp³-hybridized carbons (Fsp3) is 0.500. The third kappa shape index (κ3) is 2.87. The molecule has 0 fully saturated rings. The zero-order valence-electron chi connectivity index (χ0n) is 12.2. The molecular weight excluding hydrogens is 277 g/mol. The predicted molar refractivity (Wildman–Crippen MR) is 76.7 cm³/mol. The standard InChI is InChI=1S/C14H18FN3O3/c1-13(2)12(16)17-14(3,6-7-21-13)10-8-9(18(19)20)4-5-11(10)15/h4-5,8H,6-7H2,1-3H3,(H2,16,17)/t14-/m0/s1. The maximum atomic E-state index is 14.1. The predicted octanol–water partition coefficient (Wildman–Crippen LogP) is 2.51. The minimum absolute atomic E-state index is 0.154. The van der Waals surface area contributed by atoms with Crippen molar-refractivity contribution in [2.75, 3.05) is 6.61 Å². The highest BCUT2D eigenvalue weighted by Crippen LogP contribution is 2.36. The van der Waals surface area contributed by atoms with E-state index >= 15 is 0 Å². The van der Waals surface area contributed by atoms with E-state index in [1.165, 1.54) is 6.07 Å². The Labute approximate surface area is 122 Å². The number of nitrogens with zero attached hydrogens (tertiary/aromatic N) is 2. The summed E-state index contributed by atoms with van der Waals surface area (Å²) in [6, 6.07) is 3.43. The number of aliphatic imine (C=N–C) groups is 1. The van der Waals surface area contributed by atoms with Gasteiger partial charge in [-0.1, -0.05) is 0 Å². The van der Waals surface area contributed by atoms with Gasteiger partial charge >= 0.3 is 0 Å². The van der Waals surface area contributed by atoms with Crippen LogP contribution in [0.2, 0.25) is 0 Å². The molecule has 1 heterocycles. The van der Waals surface area contributed by atoms with Gasteiger partial charge in [-0.25, -0.2) is 4.39 Å². The number of nitro groups is 1. The minimum Gasteiger partial charge on any atom is -0.385 e. The molecule has 1 aromatic carbocycles. The Morgan fingerprint density at radius 1 is 1.43 bits per heavy atom. The highest BCUT2D eigenvalue weighted by Gasteiger charge is 2.37. The lowest BCUT2D eigenvalue weighted by atomic mass is 9.88. The Morgan fingerprint density at radius 2 is 2.10 bits per heavy atom. The van der Waals surface area contributed by atoms with Crippen LogP contribution in [0.15, 0.2) is 23.2 Å². The molecule has 0 saturated heterocycles. The number of non-ortho nitro benzene ring substituents is 1. The Balaban J connectivity index is 2.56. The van der Waals surface area contributed by atoms with Gasteiger partial charge in [-0.3, -0.25) is 15.1 Å². The Bertz CT molecular complexity index is 615. The molecule has 2 rings (SSSR count). The van der Waals surface area contributed by atoms with Crippen molar-refractivity contribution in [1.29, 1.82) is 0 Å². The molecular formula is C14H18FN3O3. The van der Waals surface area contributed by atoms with Crippen LogP contribution in [0.4, 0.5) is 10.1 Å². The average molecular weight is 295 g/mol. The second-order valence-electron chi connectivity index (χ2n) is 5.80. The van der Waals surface area contributed by atoms with Gasteiger partial charge in [-0.2, -0.15) is 0 Å². The third-order valence-corrected chi connectivity index (χ3v) is 3.78. The fourth-order valence-electron chi connectivity index (χ4n) is 2.27. The minimum atomic E-state index is -0.992. The van der Waals surface area contributed by atoms with Gasteiger partial charge in [0.25, 0.3) is 5.69 Å². The van der Waals surface area contributed by atoms with Gasteiger partial charge < -0.3 is 10.5 Å². The molecule has 0 aromatic heterocycles. The monoisotopic (exact) mass is 295 g/mol. The van der Waals surface area contributed by atoms with Crippen LogP contribution in [0, 0.1) is 15.9 Å². The molecule has 0 amide bonds. The summed E-state index contributed by atoms with van der Waals surface area (Å²) >= 11 is 0. The van der Waals surface area contributed by atoms with Crippen LogP contribution < -0.4 is 5.73 Å². The first kappa shape index (κ1) is 15.4. The van der Waals surface area contributed by atoms with Crippen molar-refractivity contribution in [3.63, 3.8) is 0 Å².